The lowest BCUT2D eigenvalue weighted by Crippen LogP contribution is -2.24. The largest absolute Gasteiger partial charge is 0.461 e. The molecule has 2 unspecified atom stereocenters. The zero-order valence-corrected chi connectivity index (χ0v) is 9.43. The van der Waals surface area contributed by atoms with Crippen molar-refractivity contribution >= 4 is 5.78 Å². The molecular formula is C14H14O3. The minimum absolute atomic E-state index is 0.0275. The SMILES string of the molecule is O=C1CCC2=C1OC(O)CC2c1ccccc1. The molecule has 88 valence electrons. The van der Waals surface area contributed by atoms with Crippen LogP contribution < -0.4 is 0 Å². The number of aliphatic hydroxyl groups excluding tert-OH is 1. The topological polar surface area (TPSA) is 46.5 Å². The third-order valence-corrected chi connectivity index (χ3v) is 3.48. The Hall–Kier alpha value is -1.61. The van der Waals surface area contributed by atoms with Gasteiger partial charge in [0.25, 0.3) is 0 Å². The van der Waals surface area contributed by atoms with Crippen LogP contribution in [0.2, 0.25) is 0 Å². The maximum absolute atomic E-state index is 11.6. The molecule has 1 aliphatic carbocycles. The number of ketones is 1. The summed E-state index contributed by atoms with van der Waals surface area (Å²) in [7, 11) is 0. The Morgan fingerprint density at radius 1 is 1.18 bits per heavy atom. The molecular weight excluding hydrogens is 216 g/mol. The van der Waals surface area contributed by atoms with Gasteiger partial charge in [0.2, 0.25) is 0 Å². The first-order chi connectivity index (χ1) is 8.25. The second-order valence-electron chi connectivity index (χ2n) is 4.55. The van der Waals surface area contributed by atoms with Crippen molar-refractivity contribution in [2.75, 3.05) is 0 Å². The van der Waals surface area contributed by atoms with Crippen molar-refractivity contribution in [3.8, 4) is 0 Å². The number of carbonyl (C=O) groups is 1. The molecule has 0 radical (unpaired) electrons. The van der Waals surface area contributed by atoms with E-state index in [0.29, 0.717) is 18.6 Å². The number of rotatable bonds is 1. The molecule has 1 aliphatic heterocycles. The third kappa shape index (κ3) is 1.76. The number of benzene rings is 1. The molecule has 0 saturated heterocycles. The fourth-order valence-corrected chi connectivity index (χ4v) is 2.68. The van der Waals surface area contributed by atoms with E-state index < -0.39 is 6.29 Å². The number of Topliss-reactive ketones (excluding diaryl/α,β-unsaturated/α-hetero) is 1. The molecule has 1 aromatic rings. The lowest BCUT2D eigenvalue weighted by Gasteiger charge is -2.28. The van der Waals surface area contributed by atoms with Crippen LogP contribution in [0, 0.1) is 0 Å². The molecule has 0 amide bonds. The van der Waals surface area contributed by atoms with E-state index in [1.807, 2.05) is 30.3 Å². The van der Waals surface area contributed by atoms with Gasteiger partial charge < -0.3 is 9.84 Å². The highest BCUT2D eigenvalue weighted by Crippen LogP contribution is 2.42. The quantitative estimate of drug-likeness (QED) is 0.803. The average molecular weight is 230 g/mol. The van der Waals surface area contributed by atoms with Gasteiger partial charge in [-0.25, -0.2) is 0 Å². The van der Waals surface area contributed by atoms with Crippen molar-refractivity contribution in [3.05, 3.63) is 47.2 Å². The number of hydrogen-bond acceptors (Lipinski definition) is 3. The number of allylic oxidation sites excluding steroid dienone is 2. The maximum atomic E-state index is 11.6. The molecule has 0 bridgehead atoms. The molecule has 1 heterocycles. The van der Waals surface area contributed by atoms with Gasteiger partial charge in [-0.15, -0.1) is 0 Å². The summed E-state index contributed by atoms with van der Waals surface area (Å²) in [4.78, 5) is 11.6. The van der Waals surface area contributed by atoms with Crippen molar-refractivity contribution in [2.24, 2.45) is 0 Å². The molecule has 0 saturated carbocycles. The second-order valence-corrected chi connectivity index (χ2v) is 4.55. The highest BCUT2D eigenvalue weighted by Gasteiger charge is 2.37. The summed E-state index contributed by atoms with van der Waals surface area (Å²) < 4.78 is 5.26. The molecule has 2 aliphatic rings. The summed E-state index contributed by atoms with van der Waals surface area (Å²) in [6.45, 7) is 0. The van der Waals surface area contributed by atoms with Gasteiger partial charge >= 0.3 is 0 Å². The number of ether oxygens (including phenoxy) is 1. The van der Waals surface area contributed by atoms with Crippen LogP contribution in [0.5, 0.6) is 0 Å². The van der Waals surface area contributed by atoms with Crippen LogP contribution in [-0.4, -0.2) is 17.2 Å². The van der Waals surface area contributed by atoms with E-state index in [1.54, 1.807) is 0 Å². The summed E-state index contributed by atoms with van der Waals surface area (Å²) in [5, 5.41) is 9.70. The van der Waals surface area contributed by atoms with E-state index >= 15 is 0 Å². The summed E-state index contributed by atoms with van der Waals surface area (Å²) in [6.07, 6.45) is 0.957. The first-order valence-electron chi connectivity index (χ1n) is 5.91. The van der Waals surface area contributed by atoms with Crippen LogP contribution in [0.15, 0.2) is 41.7 Å². The van der Waals surface area contributed by atoms with Crippen LogP contribution in [-0.2, 0) is 9.53 Å². The molecule has 1 aromatic carbocycles. The van der Waals surface area contributed by atoms with Gasteiger partial charge in [0.15, 0.2) is 17.8 Å². The van der Waals surface area contributed by atoms with E-state index in [2.05, 4.69) is 0 Å². The molecule has 2 atom stereocenters. The Morgan fingerprint density at radius 3 is 2.71 bits per heavy atom. The summed E-state index contributed by atoms with van der Waals surface area (Å²) >= 11 is 0. The van der Waals surface area contributed by atoms with Gasteiger partial charge in [-0.3, -0.25) is 4.79 Å². The van der Waals surface area contributed by atoms with E-state index in [1.165, 1.54) is 0 Å². The predicted molar refractivity (Wildman–Crippen MR) is 62.2 cm³/mol. The monoisotopic (exact) mass is 230 g/mol. The summed E-state index contributed by atoms with van der Waals surface area (Å²) in [6, 6.07) is 10.0. The third-order valence-electron chi connectivity index (χ3n) is 3.48. The van der Waals surface area contributed by atoms with Crippen LogP contribution >= 0.6 is 0 Å². The molecule has 17 heavy (non-hydrogen) atoms. The zero-order valence-electron chi connectivity index (χ0n) is 9.43. The highest BCUT2D eigenvalue weighted by atomic mass is 16.6. The van der Waals surface area contributed by atoms with Gasteiger partial charge in [0.1, 0.15) is 0 Å². The minimum Gasteiger partial charge on any atom is -0.461 e. The highest BCUT2D eigenvalue weighted by molar-refractivity contribution is 5.97. The van der Waals surface area contributed by atoms with E-state index in [4.69, 9.17) is 4.74 Å². The number of carbonyl (C=O) groups excluding carboxylic acids is 1. The van der Waals surface area contributed by atoms with Crippen molar-refractivity contribution in [1.29, 1.82) is 0 Å². The number of hydrogen-bond donors (Lipinski definition) is 1. The van der Waals surface area contributed by atoms with Gasteiger partial charge in [0.05, 0.1) is 0 Å². The predicted octanol–water partition coefficient (Wildman–Crippen LogP) is 2.13. The van der Waals surface area contributed by atoms with Gasteiger partial charge in [-0.1, -0.05) is 30.3 Å². The van der Waals surface area contributed by atoms with Gasteiger partial charge in [0, 0.05) is 18.8 Å². The van der Waals surface area contributed by atoms with Gasteiger partial charge in [-0.2, -0.15) is 0 Å². The zero-order chi connectivity index (χ0) is 11.8. The summed E-state index contributed by atoms with van der Waals surface area (Å²) in [5.74, 6) is 0.568. The van der Waals surface area contributed by atoms with E-state index in [-0.39, 0.29) is 11.7 Å². The Morgan fingerprint density at radius 2 is 1.94 bits per heavy atom. The smallest absolute Gasteiger partial charge is 0.198 e. The second kappa shape index (κ2) is 4.00. The van der Waals surface area contributed by atoms with E-state index in [9.17, 15) is 9.90 Å². The lowest BCUT2D eigenvalue weighted by molar-refractivity contribution is -0.128. The first kappa shape index (κ1) is 10.5. The normalized spacial score (nSPS) is 27.9. The molecule has 0 aromatic heterocycles. The Balaban J connectivity index is 2.02. The fraction of sp³-hybridized carbons (Fsp3) is 0.357. The van der Waals surface area contributed by atoms with Crippen molar-refractivity contribution in [2.45, 2.75) is 31.5 Å². The van der Waals surface area contributed by atoms with Crippen molar-refractivity contribution < 1.29 is 14.6 Å². The van der Waals surface area contributed by atoms with E-state index in [0.717, 1.165) is 17.6 Å². The van der Waals surface area contributed by atoms with Crippen LogP contribution in [0.4, 0.5) is 0 Å². The Kier molecular flexibility index (Phi) is 2.48. The van der Waals surface area contributed by atoms with Crippen LogP contribution in [0.1, 0.15) is 30.7 Å². The maximum Gasteiger partial charge on any atom is 0.198 e. The molecule has 0 fully saturated rings. The average Bonchev–Trinajstić information content (AvgIpc) is 2.72. The van der Waals surface area contributed by atoms with Crippen LogP contribution in [0.3, 0.4) is 0 Å². The molecule has 3 rings (SSSR count). The minimum atomic E-state index is -0.860. The molecule has 0 spiro atoms. The van der Waals surface area contributed by atoms with Gasteiger partial charge in [-0.05, 0) is 17.6 Å². The Labute approximate surface area is 99.7 Å². The molecule has 1 N–H and O–H groups in total. The fourth-order valence-electron chi connectivity index (χ4n) is 2.68. The lowest BCUT2D eigenvalue weighted by atomic mass is 9.86. The van der Waals surface area contributed by atoms with Crippen molar-refractivity contribution in [1.82, 2.24) is 0 Å². The molecule has 3 heteroatoms. The van der Waals surface area contributed by atoms with Crippen LogP contribution in [0.25, 0.3) is 0 Å². The number of aliphatic hydroxyl groups is 1. The first-order valence-corrected chi connectivity index (χ1v) is 5.91. The summed E-state index contributed by atoms with van der Waals surface area (Å²) in [5.41, 5.74) is 2.21. The molecule has 3 nitrogen and oxygen atoms in total. The standard InChI is InChI=1S/C14H14O3/c15-12-7-6-10-11(8-13(16)17-14(10)12)9-4-2-1-3-5-9/h1-5,11,13,16H,6-8H2. The van der Waals surface area contributed by atoms with Crippen molar-refractivity contribution in [3.63, 3.8) is 0 Å². The Bertz CT molecular complexity index is 476.